The highest BCUT2D eigenvalue weighted by atomic mass is 32.1. The molecule has 1 heterocycles. The van der Waals surface area contributed by atoms with Gasteiger partial charge in [0, 0.05) is 24.4 Å². The standard InChI is InChI=1S/C18H25N3O2S/c1-18(2,3)14-11-24-17(20-14)15(12-8-6-5-7-9-12)21-16(22)13(10-19)23-4/h5-9,11,13,15H,10,19H2,1-4H3,(H,21,22)/t13-,15?/m0/s1. The van der Waals surface area contributed by atoms with Crippen LogP contribution in [-0.2, 0) is 14.9 Å². The molecular formula is C18H25N3O2S. The molecule has 6 heteroatoms. The summed E-state index contributed by atoms with van der Waals surface area (Å²) in [4.78, 5) is 17.2. The zero-order valence-corrected chi connectivity index (χ0v) is 15.4. The van der Waals surface area contributed by atoms with Crippen molar-refractivity contribution in [3.8, 4) is 0 Å². The number of hydrogen-bond donors (Lipinski definition) is 2. The van der Waals surface area contributed by atoms with Crippen LogP contribution in [0, 0.1) is 0 Å². The summed E-state index contributed by atoms with van der Waals surface area (Å²) in [6.45, 7) is 6.50. The fourth-order valence-corrected chi connectivity index (χ4v) is 3.36. The number of amides is 1. The van der Waals surface area contributed by atoms with E-state index < -0.39 is 6.10 Å². The molecule has 1 aromatic carbocycles. The van der Waals surface area contributed by atoms with Crippen LogP contribution >= 0.6 is 11.3 Å². The number of nitrogens with one attached hydrogen (secondary N) is 1. The minimum atomic E-state index is -0.668. The molecule has 24 heavy (non-hydrogen) atoms. The summed E-state index contributed by atoms with van der Waals surface area (Å²) < 4.78 is 5.14. The van der Waals surface area contributed by atoms with Crippen LogP contribution in [0.1, 0.15) is 43.1 Å². The fraction of sp³-hybridized carbons (Fsp3) is 0.444. The largest absolute Gasteiger partial charge is 0.370 e. The molecule has 1 amide bonds. The molecule has 1 unspecified atom stereocenters. The molecule has 0 saturated carbocycles. The van der Waals surface area contributed by atoms with E-state index in [9.17, 15) is 4.79 Å². The molecule has 0 aliphatic carbocycles. The molecule has 2 atom stereocenters. The lowest BCUT2D eigenvalue weighted by molar-refractivity contribution is -0.131. The van der Waals surface area contributed by atoms with E-state index in [0.717, 1.165) is 16.3 Å². The van der Waals surface area contributed by atoms with E-state index in [1.165, 1.54) is 7.11 Å². The van der Waals surface area contributed by atoms with Crippen molar-refractivity contribution >= 4 is 17.2 Å². The van der Waals surface area contributed by atoms with Gasteiger partial charge >= 0.3 is 0 Å². The molecule has 3 N–H and O–H groups in total. The van der Waals surface area contributed by atoms with Gasteiger partial charge in [0.1, 0.15) is 17.2 Å². The summed E-state index contributed by atoms with van der Waals surface area (Å²) in [5.74, 6) is -0.235. The Morgan fingerprint density at radius 1 is 1.33 bits per heavy atom. The van der Waals surface area contributed by atoms with Gasteiger partial charge in [-0.15, -0.1) is 11.3 Å². The van der Waals surface area contributed by atoms with Crippen LogP contribution in [0.5, 0.6) is 0 Å². The number of rotatable bonds is 6. The highest BCUT2D eigenvalue weighted by Crippen LogP contribution is 2.30. The molecule has 0 aliphatic rings. The van der Waals surface area contributed by atoms with Crippen molar-refractivity contribution in [1.29, 1.82) is 0 Å². The first-order valence-corrected chi connectivity index (χ1v) is 8.79. The number of aromatic nitrogens is 1. The number of methoxy groups -OCH3 is 1. The topological polar surface area (TPSA) is 77.2 Å². The van der Waals surface area contributed by atoms with Crippen LogP contribution in [0.15, 0.2) is 35.7 Å². The lowest BCUT2D eigenvalue weighted by Crippen LogP contribution is -2.42. The van der Waals surface area contributed by atoms with Crippen molar-refractivity contribution in [3.63, 3.8) is 0 Å². The first-order chi connectivity index (χ1) is 11.4. The average molecular weight is 347 g/mol. The maximum atomic E-state index is 12.4. The van der Waals surface area contributed by atoms with Gasteiger partial charge in [-0.05, 0) is 5.56 Å². The molecule has 130 valence electrons. The number of hydrogen-bond acceptors (Lipinski definition) is 5. The third kappa shape index (κ3) is 4.41. The highest BCUT2D eigenvalue weighted by molar-refractivity contribution is 7.09. The van der Waals surface area contributed by atoms with Crippen LogP contribution in [0.25, 0.3) is 0 Å². The summed E-state index contributed by atoms with van der Waals surface area (Å²) in [6.07, 6.45) is -0.668. The van der Waals surface area contributed by atoms with E-state index in [4.69, 9.17) is 15.5 Å². The first kappa shape index (κ1) is 18.6. The van der Waals surface area contributed by atoms with Crippen LogP contribution in [0.4, 0.5) is 0 Å². The minimum absolute atomic E-state index is 0.0354. The third-order valence-electron chi connectivity index (χ3n) is 3.75. The van der Waals surface area contributed by atoms with Gasteiger partial charge in [0.05, 0.1) is 5.69 Å². The van der Waals surface area contributed by atoms with Gasteiger partial charge in [-0.25, -0.2) is 4.98 Å². The number of carbonyl (C=O) groups excluding carboxylic acids is 1. The van der Waals surface area contributed by atoms with E-state index in [1.807, 2.05) is 35.7 Å². The summed E-state index contributed by atoms with van der Waals surface area (Å²) in [6, 6.07) is 9.49. The second-order valence-electron chi connectivity index (χ2n) is 6.63. The molecule has 0 aliphatic heterocycles. The highest BCUT2D eigenvalue weighted by Gasteiger charge is 2.26. The number of thiazole rings is 1. The predicted octanol–water partition coefficient (Wildman–Crippen LogP) is 2.62. The van der Waals surface area contributed by atoms with Crippen LogP contribution < -0.4 is 11.1 Å². The normalized spacial score (nSPS) is 14.2. The van der Waals surface area contributed by atoms with Crippen molar-refractivity contribution in [2.45, 2.75) is 38.3 Å². The number of ether oxygens (including phenoxy) is 1. The maximum Gasteiger partial charge on any atom is 0.251 e. The van der Waals surface area contributed by atoms with Gasteiger partial charge in [-0.1, -0.05) is 51.1 Å². The molecule has 0 bridgehead atoms. The minimum Gasteiger partial charge on any atom is -0.370 e. The Morgan fingerprint density at radius 3 is 2.50 bits per heavy atom. The van der Waals surface area contributed by atoms with Gasteiger partial charge in [0.2, 0.25) is 0 Å². The Hall–Kier alpha value is -1.76. The summed E-state index contributed by atoms with van der Waals surface area (Å²) in [5.41, 5.74) is 7.56. The summed E-state index contributed by atoms with van der Waals surface area (Å²) >= 11 is 1.55. The first-order valence-electron chi connectivity index (χ1n) is 7.91. The van der Waals surface area contributed by atoms with Gasteiger partial charge in [-0.3, -0.25) is 4.79 Å². The fourth-order valence-electron chi connectivity index (χ4n) is 2.24. The second kappa shape index (κ2) is 7.88. The SMILES string of the molecule is CO[C@@H](CN)C(=O)NC(c1ccccc1)c1nc(C(C)(C)C)cs1. The summed E-state index contributed by atoms with van der Waals surface area (Å²) in [5, 5.41) is 5.92. The van der Waals surface area contributed by atoms with Crippen molar-refractivity contribution in [1.82, 2.24) is 10.3 Å². The molecule has 2 aromatic rings. The quantitative estimate of drug-likeness (QED) is 0.842. The van der Waals surface area contributed by atoms with E-state index in [-0.39, 0.29) is 23.9 Å². The Labute approximate surface area is 147 Å². The maximum absolute atomic E-state index is 12.4. The molecule has 5 nitrogen and oxygen atoms in total. The van der Waals surface area contributed by atoms with Crippen molar-refractivity contribution in [3.05, 3.63) is 52.0 Å². The van der Waals surface area contributed by atoms with Crippen molar-refractivity contribution in [2.75, 3.05) is 13.7 Å². The molecule has 2 rings (SSSR count). The third-order valence-corrected chi connectivity index (χ3v) is 4.66. The monoisotopic (exact) mass is 347 g/mol. The zero-order chi connectivity index (χ0) is 17.7. The smallest absolute Gasteiger partial charge is 0.251 e. The van der Waals surface area contributed by atoms with E-state index >= 15 is 0 Å². The van der Waals surface area contributed by atoms with Crippen molar-refractivity contribution in [2.24, 2.45) is 5.73 Å². The van der Waals surface area contributed by atoms with Crippen LogP contribution in [0.2, 0.25) is 0 Å². The van der Waals surface area contributed by atoms with Gasteiger partial charge in [0.15, 0.2) is 0 Å². The molecule has 1 aromatic heterocycles. The Balaban J connectivity index is 2.34. The molecular weight excluding hydrogens is 322 g/mol. The van der Waals surface area contributed by atoms with Gasteiger partial charge in [-0.2, -0.15) is 0 Å². The van der Waals surface area contributed by atoms with E-state index in [2.05, 4.69) is 26.1 Å². The predicted molar refractivity (Wildman–Crippen MR) is 97.1 cm³/mol. The van der Waals surface area contributed by atoms with Crippen LogP contribution in [0.3, 0.4) is 0 Å². The number of benzene rings is 1. The van der Waals surface area contributed by atoms with Crippen molar-refractivity contribution < 1.29 is 9.53 Å². The summed E-state index contributed by atoms with van der Waals surface area (Å²) in [7, 11) is 1.48. The zero-order valence-electron chi connectivity index (χ0n) is 14.6. The van der Waals surface area contributed by atoms with Crippen LogP contribution in [-0.4, -0.2) is 30.6 Å². The average Bonchev–Trinajstić information content (AvgIpc) is 3.04. The Morgan fingerprint density at radius 2 is 2.00 bits per heavy atom. The number of nitrogens with zero attached hydrogens (tertiary/aromatic N) is 1. The lowest BCUT2D eigenvalue weighted by Gasteiger charge is -2.21. The molecule has 0 spiro atoms. The van der Waals surface area contributed by atoms with Gasteiger partial charge < -0.3 is 15.8 Å². The number of nitrogens with two attached hydrogens (primary N) is 1. The van der Waals surface area contributed by atoms with E-state index in [0.29, 0.717) is 0 Å². The lowest BCUT2D eigenvalue weighted by atomic mass is 9.93. The molecule has 0 fully saturated rings. The second-order valence-corrected chi connectivity index (χ2v) is 7.52. The molecule has 0 saturated heterocycles. The van der Waals surface area contributed by atoms with Gasteiger partial charge in [0.25, 0.3) is 5.91 Å². The molecule has 0 radical (unpaired) electrons. The Kier molecular flexibility index (Phi) is 6.10. The van der Waals surface area contributed by atoms with E-state index in [1.54, 1.807) is 11.3 Å². The number of carbonyl (C=O) groups is 1. The Bertz CT molecular complexity index is 660.